The third-order valence-corrected chi connectivity index (χ3v) is 4.28. The van der Waals surface area contributed by atoms with Crippen LogP contribution in [-0.4, -0.2) is 19.6 Å². The molecule has 0 saturated carbocycles. The Morgan fingerprint density at radius 2 is 2.18 bits per heavy atom. The number of rotatable bonds is 2. The number of hydrogen-bond donors (Lipinski definition) is 2. The Bertz CT molecular complexity index is 898. The monoisotopic (exact) mass is 296 g/mol. The first-order chi connectivity index (χ1) is 10.7. The number of benzene rings is 2. The van der Waals surface area contributed by atoms with Gasteiger partial charge in [0.15, 0.2) is 11.3 Å². The molecule has 4 rings (SSSR count). The van der Waals surface area contributed by atoms with Crippen LogP contribution in [0.2, 0.25) is 0 Å². The van der Waals surface area contributed by atoms with Crippen LogP contribution < -0.4 is 15.8 Å². The standard InChI is InChI=1S/C17H16N2O3/c1-21-14-5-3-11(9-6-15(20)19-8-9)16-12-7-10(18)2-4-13(12)22-17(14)16/h2-5,7,9H,6,8,18H2,1H3,(H,19,20). The van der Waals surface area contributed by atoms with Gasteiger partial charge in [0.2, 0.25) is 5.91 Å². The van der Waals surface area contributed by atoms with E-state index in [2.05, 4.69) is 5.32 Å². The van der Waals surface area contributed by atoms with Gasteiger partial charge >= 0.3 is 0 Å². The molecule has 0 spiro atoms. The number of carbonyl (C=O) groups excluding carboxylic acids is 1. The van der Waals surface area contributed by atoms with Crippen LogP contribution in [0.1, 0.15) is 17.9 Å². The van der Waals surface area contributed by atoms with Crippen LogP contribution in [0.25, 0.3) is 21.9 Å². The zero-order valence-corrected chi connectivity index (χ0v) is 12.2. The van der Waals surface area contributed by atoms with Crippen LogP contribution in [0.5, 0.6) is 5.75 Å². The van der Waals surface area contributed by atoms with E-state index < -0.39 is 0 Å². The Morgan fingerprint density at radius 3 is 2.91 bits per heavy atom. The van der Waals surface area contributed by atoms with Gasteiger partial charge in [0.1, 0.15) is 5.58 Å². The van der Waals surface area contributed by atoms with Crippen LogP contribution in [0.15, 0.2) is 34.7 Å². The Balaban J connectivity index is 2.06. The largest absolute Gasteiger partial charge is 0.493 e. The van der Waals surface area contributed by atoms with E-state index >= 15 is 0 Å². The summed E-state index contributed by atoms with van der Waals surface area (Å²) in [6.07, 6.45) is 0.496. The van der Waals surface area contributed by atoms with E-state index in [0.29, 0.717) is 30.0 Å². The SMILES string of the molecule is COc1ccc(C2CNC(=O)C2)c2c1oc1ccc(N)cc12. The minimum Gasteiger partial charge on any atom is -0.493 e. The van der Waals surface area contributed by atoms with Crippen molar-refractivity contribution in [3.05, 3.63) is 35.9 Å². The molecule has 2 heterocycles. The van der Waals surface area contributed by atoms with Gasteiger partial charge in [-0.1, -0.05) is 6.07 Å². The van der Waals surface area contributed by atoms with Crippen LogP contribution in [0.4, 0.5) is 5.69 Å². The zero-order valence-electron chi connectivity index (χ0n) is 12.2. The summed E-state index contributed by atoms with van der Waals surface area (Å²) in [6, 6.07) is 9.51. The molecule has 0 aliphatic carbocycles. The summed E-state index contributed by atoms with van der Waals surface area (Å²) in [6.45, 7) is 0.648. The molecule has 3 aromatic rings. The first-order valence-corrected chi connectivity index (χ1v) is 7.22. The van der Waals surface area contributed by atoms with Crippen molar-refractivity contribution in [2.24, 2.45) is 0 Å². The number of methoxy groups -OCH3 is 1. The Kier molecular flexibility index (Phi) is 2.76. The quantitative estimate of drug-likeness (QED) is 0.713. The second kappa shape index (κ2) is 4.66. The highest BCUT2D eigenvalue weighted by Crippen LogP contribution is 2.41. The maximum Gasteiger partial charge on any atom is 0.220 e. The van der Waals surface area contributed by atoms with Crippen molar-refractivity contribution in [2.75, 3.05) is 19.4 Å². The Hall–Kier alpha value is -2.69. The summed E-state index contributed by atoms with van der Waals surface area (Å²) in [5, 5.41) is 4.84. The smallest absolute Gasteiger partial charge is 0.220 e. The van der Waals surface area contributed by atoms with Crippen molar-refractivity contribution in [1.29, 1.82) is 0 Å². The fourth-order valence-corrected chi connectivity index (χ4v) is 3.23. The molecule has 112 valence electrons. The first-order valence-electron chi connectivity index (χ1n) is 7.22. The van der Waals surface area contributed by atoms with E-state index in [-0.39, 0.29) is 11.8 Å². The maximum atomic E-state index is 11.6. The lowest BCUT2D eigenvalue weighted by atomic mass is 9.93. The van der Waals surface area contributed by atoms with Crippen molar-refractivity contribution in [2.45, 2.75) is 12.3 Å². The van der Waals surface area contributed by atoms with E-state index in [0.717, 1.165) is 21.9 Å². The van der Waals surface area contributed by atoms with Crippen LogP contribution >= 0.6 is 0 Å². The molecule has 1 atom stereocenters. The average molecular weight is 296 g/mol. The molecule has 1 saturated heterocycles. The van der Waals surface area contributed by atoms with Crippen molar-refractivity contribution in [1.82, 2.24) is 5.32 Å². The first kappa shape index (κ1) is 13.0. The predicted octanol–water partition coefficient (Wildman–Crippen LogP) is 2.78. The van der Waals surface area contributed by atoms with Gasteiger partial charge in [0.05, 0.1) is 7.11 Å². The zero-order chi connectivity index (χ0) is 15.3. The number of carbonyl (C=O) groups is 1. The number of fused-ring (bicyclic) bond motifs is 3. The fraction of sp³-hybridized carbons (Fsp3) is 0.235. The fourth-order valence-electron chi connectivity index (χ4n) is 3.23. The van der Waals surface area contributed by atoms with Crippen LogP contribution in [0.3, 0.4) is 0 Å². The molecule has 0 bridgehead atoms. The average Bonchev–Trinajstić information content (AvgIpc) is 3.10. The number of nitrogen functional groups attached to an aromatic ring is 1. The maximum absolute atomic E-state index is 11.6. The minimum absolute atomic E-state index is 0.0845. The van der Waals surface area contributed by atoms with E-state index in [1.165, 1.54) is 0 Å². The number of amides is 1. The molecule has 2 aromatic carbocycles. The minimum atomic E-state index is 0.0845. The number of ether oxygens (including phenoxy) is 1. The highest BCUT2D eigenvalue weighted by atomic mass is 16.5. The molecule has 3 N–H and O–H groups in total. The summed E-state index contributed by atoms with van der Waals surface area (Å²) < 4.78 is 11.4. The Labute approximate surface area is 127 Å². The van der Waals surface area contributed by atoms with Gasteiger partial charge in [0.25, 0.3) is 0 Å². The number of anilines is 1. The second-order valence-electron chi connectivity index (χ2n) is 5.62. The number of hydrogen-bond acceptors (Lipinski definition) is 4. The van der Waals surface area contributed by atoms with Gasteiger partial charge in [-0.25, -0.2) is 0 Å². The predicted molar refractivity (Wildman–Crippen MR) is 85.1 cm³/mol. The molecular formula is C17H16N2O3. The highest BCUT2D eigenvalue weighted by molar-refractivity contribution is 6.10. The summed E-state index contributed by atoms with van der Waals surface area (Å²) in [5.74, 6) is 0.912. The highest BCUT2D eigenvalue weighted by Gasteiger charge is 2.27. The molecule has 1 unspecified atom stereocenters. The molecule has 1 aromatic heterocycles. The molecule has 1 amide bonds. The molecule has 1 aliphatic rings. The third-order valence-electron chi connectivity index (χ3n) is 4.28. The number of furan rings is 1. The van der Waals surface area contributed by atoms with Gasteiger partial charge in [-0.15, -0.1) is 0 Å². The van der Waals surface area contributed by atoms with Gasteiger partial charge < -0.3 is 20.2 Å². The van der Waals surface area contributed by atoms with Gasteiger partial charge in [0, 0.05) is 35.3 Å². The van der Waals surface area contributed by atoms with Crippen LogP contribution in [0, 0.1) is 0 Å². The van der Waals surface area contributed by atoms with Crippen molar-refractivity contribution < 1.29 is 13.9 Å². The number of nitrogens with one attached hydrogen (secondary N) is 1. The van der Waals surface area contributed by atoms with E-state index in [4.69, 9.17) is 14.9 Å². The van der Waals surface area contributed by atoms with E-state index in [9.17, 15) is 4.79 Å². The summed E-state index contributed by atoms with van der Waals surface area (Å²) in [7, 11) is 1.62. The summed E-state index contributed by atoms with van der Waals surface area (Å²) in [4.78, 5) is 11.6. The Morgan fingerprint density at radius 1 is 1.32 bits per heavy atom. The molecule has 5 nitrogen and oxygen atoms in total. The van der Waals surface area contributed by atoms with Gasteiger partial charge in [-0.3, -0.25) is 4.79 Å². The van der Waals surface area contributed by atoms with Crippen molar-refractivity contribution in [3.63, 3.8) is 0 Å². The van der Waals surface area contributed by atoms with E-state index in [1.807, 2.05) is 30.3 Å². The van der Waals surface area contributed by atoms with Crippen molar-refractivity contribution >= 4 is 33.5 Å². The molecule has 0 radical (unpaired) electrons. The number of nitrogens with two attached hydrogens (primary N) is 1. The third kappa shape index (κ3) is 1.82. The molecule has 22 heavy (non-hydrogen) atoms. The summed E-state index contributed by atoms with van der Waals surface area (Å²) >= 11 is 0. The molecule has 1 fully saturated rings. The van der Waals surface area contributed by atoms with Crippen LogP contribution in [-0.2, 0) is 4.79 Å². The summed E-state index contributed by atoms with van der Waals surface area (Å²) in [5.41, 5.74) is 9.19. The van der Waals surface area contributed by atoms with Crippen molar-refractivity contribution in [3.8, 4) is 5.75 Å². The second-order valence-corrected chi connectivity index (χ2v) is 5.62. The lowest BCUT2D eigenvalue weighted by molar-refractivity contribution is -0.119. The van der Waals surface area contributed by atoms with E-state index in [1.54, 1.807) is 7.11 Å². The molecule has 1 aliphatic heterocycles. The lowest BCUT2D eigenvalue weighted by Crippen LogP contribution is -2.13. The lowest BCUT2D eigenvalue weighted by Gasteiger charge is -2.11. The van der Waals surface area contributed by atoms with Gasteiger partial charge in [-0.05, 0) is 29.8 Å². The van der Waals surface area contributed by atoms with Gasteiger partial charge in [-0.2, -0.15) is 0 Å². The molecule has 5 heteroatoms. The normalized spacial score (nSPS) is 18.0. The molecular weight excluding hydrogens is 280 g/mol. The topological polar surface area (TPSA) is 77.5 Å².